The molecule has 12 aromatic rings. The van der Waals surface area contributed by atoms with Crippen LogP contribution in [0.15, 0.2) is 254 Å². The molecule has 0 saturated heterocycles. The van der Waals surface area contributed by atoms with Crippen molar-refractivity contribution in [2.75, 3.05) is 57.4 Å². The molecule has 31 heteroatoms. The van der Waals surface area contributed by atoms with Crippen LogP contribution in [0.5, 0.6) is 0 Å². The number of rotatable bonds is 8. The van der Waals surface area contributed by atoms with E-state index in [1.165, 1.54) is 0 Å². The van der Waals surface area contributed by atoms with Gasteiger partial charge in [0.2, 0.25) is 0 Å². The van der Waals surface area contributed by atoms with Crippen molar-refractivity contribution in [1.82, 2.24) is 14.2 Å². The molecule has 20 rings (SSSR count). The number of benzene rings is 8. The summed E-state index contributed by atoms with van der Waals surface area (Å²) < 4.78 is 110. The predicted octanol–water partition coefficient (Wildman–Crippen LogP) is 16.4. The van der Waals surface area contributed by atoms with Gasteiger partial charge in [0.15, 0.2) is 46.7 Å². The van der Waals surface area contributed by atoms with Crippen LogP contribution in [0.1, 0.15) is 84.0 Å². The van der Waals surface area contributed by atoms with Crippen molar-refractivity contribution in [1.29, 1.82) is 0 Å². The third-order valence-corrected chi connectivity index (χ3v) is 32.3. The number of halogens is 8. The molecule has 8 aliphatic rings. The molecule has 115 heavy (non-hydrogen) atoms. The van der Waals surface area contributed by atoms with Gasteiger partial charge in [0.05, 0.1) is 57.4 Å². The van der Waals surface area contributed by atoms with Crippen LogP contribution in [-0.2, 0) is 11.1 Å². The van der Waals surface area contributed by atoms with Gasteiger partial charge in [0.25, 0.3) is 0 Å². The Morgan fingerprint density at radius 3 is 0.670 bits per heavy atom. The molecule has 0 spiro atoms. The minimum Gasteiger partial charge on any atom is -0.480 e. The predicted molar refractivity (Wildman–Crippen MR) is 450 cm³/mol. The van der Waals surface area contributed by atoms with Crippen molar-refractivity contribution in [3.05, 3.63) is 261 Å². The maximum absolute atomic E-state index is 9.50. The van der Waals surface area contributed by atoms with Crippen LogP contribution in [-0.4, -0.2) is 165 Å². The minimum absolute atomic E-state index is 0.500. The SMILES string of the molecule is CCCC#C[Si](C)([O][Al]1[n]2c3c4ccccc4c2N=C2N=C(N=c4c5ccccc5c([n]41)=NC1=NC(=N3)c3ccccc31)c1ccccc12)O[Si](C)(C#CCCC)[O][Al]1[n]2c3c4ccccc4c2N=C2N=C(N=c4c5ccccc5c([n]41)=NC1=NC(=N3)c3ccccc31)c1ccccc12.CF.CF.CF.CF.CF.CF.CF.CF. The van der Waals surface area contributed by atoms with E-state index in [9.17, 15) is 35.1 Å². The van der Waals surface area contributed by atoms with Gasteiger partial charge < -0.3 is 25.3 Å². The maximum atomic E-state index is 9.50. The standard InChI is InChI=1S/2C32H16N8.C12H20O3Si2.8CH3F.2Al/c2*1-2-10-18-17(9-1)25-33-26(18)38-28-21-13-5-6-14-22(21)30(35-28)40-32-24-16-8-7-15-23(24)31(36-32)39-29-20-12-4-3-11-19(20)27(34-29)37-25;1-5-7-9-11-16(3,13)15-17(4,14)12-10-8-6-2;8*1-2;;/h2*1-16H;5-8H2,1-4H3;8*1H3;;/q3*-2;;;;;;;;;2*+3. The molecule has 580 valence electrons. The van der Waals surface area contributed by atoms with Gasteiger partial charge in [-0.05, 0) is 25.9 Å². The van der Waals surface area contributed by atoms with Crippen LogP contribution in [0.3, 0.4) is 0 Å². The molecule has 8 aliphatic heterocycles. The first kappa shape index (κ1) is 82.9. The Hall–Kier alpha value is -11.6. The smallest absolute Gasteiger partial charge is 0.480 e. The number of fused-ring (bicyclic) bond motifs is 28. The highest BCUT2D eigenvalue weighted by Crippen LogP contribution is 2.45. The van der Waals surface area contributed by atoms with Crippen molar-refractivity contribution in [3.8, 4) is 22.9 Å². The molecule has 19 nitrogen and oxygen atoms in total. The molecule has 8 aromatic carbocycles. The topological polar surface area (TPSA) is 196 Å². The van der Waals surface area contributed by atoms with Gasteiger partial charge in [-0.2, -0.15) is 0 Å². The number of aliphatic imine (C=N–C) groups is 8. The van der Waals surface area contributed by atoms with Crippen LogP contribution >= 0.6 is 0 Å². The van der Waals surface area contributed by atoms with Crippen LogP contribution in [0.2, 0.25) is 13.1 Å². The lowest BCUT2D eigenvalue weighted by molar-refractivity contribution is 0.340. The lowest BCUT2D eigenvalue weighted by Crippen LogP contribution is -2.61. The maximum Gasteiger partial charge on any atom is 0.800 e. The number of unbranched alkanes of at least 4 members (excludes halogenated alkanes) is 2. The third-order valence-electron chi connectivity index (χ3n) is 19.0. The number of amidine groups is 8. The van der Waals surface area contributed by atoms with Gasteiger partial charge in [0, 0.05) is 100 Å². The normalized spacial score (nSPS) is 14.5. The summed E-state index contributed by atoms with van der Waals surface area (Å²) in [6, 6.07) is 65.6. The summed E-state index contributed by atoms with van der Waals surface area (Å²) in [5.41, 5.74) is 16.8. The molecule has 0 saturated carbocycles. The first-order valence-corrected chi connectivity index (χ1v) is 43.9. The number of aromatic nitrogens is 4. The zero-order valence-corrected chi connectivity index (χ0v) is 69.2. The van der Waals surface area contributed by atoms with Crippen LogP contribution in [0.25, 0.3) is 43.1 Å². The number of alkyl halides is 8. The highest BCUT2D eigenvalue weighted by atomic mass is 28.5. The summed E-state index contributed by atoms with van der Waals surface area (Å²) in [4.78, 5) is 66.8. The molecular formula is C84H76Al2F8N16O3Si2. The van der Waals surface area contributed by atoms with Crippen molar-refractivity contribution >= 4 is 160 Å². The van der Waals surface area contributed by atoms with E-state index in [-0.39, 0.29) is 0 Å². The summed E-state index contributed by atoms with van der Waals surface area (Å²) in [5, 5.41) is 6.70. The molecular weight excluding hydrogens is 1540 g/mol. The summed E-state index contributed by atoms with van der Waals surface area (Å²) in [7, 11) is -4.41. The monoisotopic (exact) mass is 1620 g/mol. The molecule has 12 heterocycles. The molecule has 0 N–H and O–H groups in total. The highest BCUT2D eigenvalue weighted by molar-refractivity contribution is 6.92. The molecule has 4 aromatic heterocycles. The third kappa shape index (κ3) is 14.8. The van der Waals surface area contributed by atoms with E-state index in [0.717, 1.165) is 100 Å². The van der Waals surface area contributed by atoms with Crippen LogP contribution in [0, 0.1) is 22.9 Å². The second-order valence-corrected chi connectivity index (χ2v) is 35.7. The average Bonchev–Trinajstić information content (AvgIpc) is 1.56. The van der Waals surface area contributed by atoms with E-state index >= 15 is 0 Å². The Bertz CT molecular complexity index is 5750. The van der Waals surface area contributed by atoms with E-state index in [4.69, 9.17) is 71.0 Å². The molecule has 12 bridgehead atoms. The zero-order valence-electron chi connectivity index (χ0n) is 64.9. The van der Waals surface area contributed by atoms with Crippen molar-refractivity contribution in [2.45, 2.75) is 52.6 Å². The number of hydrogen-bond acceptors (Lipinski definition) is 15. The first-order valence-electron chi connectivity index (χ1n) is 36.2. The second kappa shape index (κ2) is 36.7. The van der Waals surface area contributed by atoms with E-state index in [1.807, 2.05) is 110 Å². The van der Waals surface area contributed by atoms with Gasteiger partial charge in [0.1, 0.15) is 45.2 Å². The van der Waals surface area contributed by atoms with E-state index in [2.05, 4.69) is 148 Å². The Morgan fingerprint density at radius 2 is 0.461 bits per heavy atom. The van der Waals surface area contributed by atoms with E-state index in [1.54, 1.807) is 0 Å². The lowest BCUT2D eigenvalue weighted by Gasteiger charge is -2.35. The summed E-state index contributed by atoms with van der Waals surface area (Å²) in [5.74, 6) is 13.7. The van der Waals surface area contributed by atoms with Gasteiger partial charge in [-0.15, -0.1) is 11.8 Å². The Kier molecular flexibility index (Phi) is 26.4. The highest BCUT2D eigenvalue weighted by Gasteiger charge is 2.55. The van der Waals surface area contributed by atoms with Gasteiger partial charge >= 0.3 is 47.0 Å². The van der Waals surface area contributed by atoms with Crippen molar-refractivity contribution in [2.24, 2.45) is 59.9 Å². The van der Waals surface area contributed by atoms with E-state index < -0.39 is 47.0 Å². The largest absolute Gasteiger partial charge is 0.800 e. The van der Waals surface area contributed by atoms with Crippen molar-refractivity contribution < 1.29 is 46.2 Å². The summed E-state index contributed by atoms with van der Waals surface area (Å²) in [6.45, 7) is 8.35. The molecule has 2 atom stereocenters. The quantitative estimate of drug-likeness (QED) is 0.0831. The fourth-order valence-electron chi connectivity index (χ4n) is 14.6. The fourth-order valence-corrected chi connectivity index (χ4v) is 29.2. The number of nitrogens with zero attached hydrogens (tertiary/aromatic N) is 16. The Morgan fingerprint density at radius 1 is 0.270 bits per heavy atom. The molecule has 2 unspecified atom stereocenters. The van der Waals surface area contributed by atoms with Crippen molar-refractivity contribution in [3.63, 3.8) is 0 Å². The molecule has 0 fully saturated rings. The van der Waals surface area contributed by atoms with Crippen LogP contribution < -0.4 is 22.0 Å². The second-order valence-electron chi connectivity index (χ2n) is 25.3. The summed E-state index contributed by atoms with van der Waals surface area (Å²) in [6.07, 6.45) is 2.68. The Balaban J connectivity index is 0.000000722. The minimum atomic E-state index is -4.21. The average molecular weight is 1620 g/mol. The molecule has 0 radical (unpaired) electrons. The summed E-state index contributed by atoms with van der Waals surface area (Å²) >= 11 is -7.34. The first-order chi connectivity index (χ1) is 56.7. The fraction of sp³-hybridized carbons (Fsp3) is 0.190. The molecule has 0 aliphatic carbocycles. The zero-order chi connectivity index (χ0) is 81.8. The number of hydrogen-bond donors (Lipinski definition) is 0. The van der Waals surface area contributed by atoms with Crippen LogP contribution in [0.4, 0.5) is 58.4 Å². The molecule has 0 amide bonds. The van der Waals surface area contributed by atoms with E-state index in [0.29, 0.717) is 162 Å². The lowest BCUT2D eigenvalue weighted by atomic mass is 10.1. The van der Waals surface area contributed by atoms with Gasteiger partial charge in [-0.25, -0.2) is 59.9 Å². The van der Waals surface area contributed by atoms with Gasteiger partial charge in [-0.1, -0.05) is 219 Å². The Labute approximate surface area is 669 Å². The van der Waals surface area contributed by atoms with Gasteiger partial charge in [-0.3, -0.25) is 35.1 Å².